The van der Waals surface area contributed by atoms with Gasteiger partial charge in [0.25, 0.3) is 0 Å². The van der Waals surface area contributed by atoms with Crippen molar-refractivity contribution in [2.45, 2.75) is 48.5 Å². The number of aromatic nitrogens is 2. The summed E-state index contributed by atoms with van der Waals surface area (Å²) in [6, 6.07) is 1.89. The Kier molecular flexibility index (Phi) is 9.19. The Bertz CT molecular complexity index is 323. The maximum Gasteiger partial charge on any atom is 0.225 e. The first-order valence-electron chi connectivity index (χ1n) is 6.53. The van der Waals surface area contributed by atoms with Gasteiger partial charge < -0.3 is 5.32 Å². The molecule has 0 aliphatic rings. The van der Waals surface area contributed by atoms with Gasteiger partial charge in [0.1, 0.15) is 0 Å². The number of hydrogen-bond acceptors (Lipinski definition) is 2. The molecule has 0 unspecified atom stereocenters. The molecular weight excluding hydrogens is 238 g/mol. The van der Waals surface area contributed by atoms with Gasteiger partial charge in [0, 0.05) is 31.9 Å². The quantitative estimate of drug-likeness (QED) is 0.786. The summed E-state index contributed by atoms with van der Waals surface area (Å²) in [5.41, 5.74) is 0.259. The van der Waals surface area contributed by atoms with Crippen LogP contribution in [0.5, 0.6) is 0 Å². The van der Waals surface area contributed by atoms with Crippen LogP contribution in [0.2, 0.25) is 0 Å². The predicted molar refractivity (Wildman–Crippen MR) is 81.9 cm³/mol. The second-order valence-corrected chi connectivity index (χ2v) is 7.01. The summed E-state index contributed by atoms with van der Waals surface area (Å²) < 4.78 is 1.75. The minimum atomic E-state index is -0.241. The summed E-state index contributed by atoms with van der Waals surface area (Å²) in [7, 11) is 3.54. The molecule has 0 aromatic carbocycles. The third-order valence-corrected chi connectivity index (χ3v) is 1.54. The SMILES string of the molecule is CC(C)(C)C.CNC(=O)C(C)(C)C.Cn1cccn1. The summed E-state index contributed by atoms with van der Waals surface area (Å²) in [5.74, 6) is 0.0810. The molecular formula is C15H31N3O. The molecule has 0 aliphatic carbocycles. The third kappa shape index (κ3) is 19.2. The van der Waals surface area contributed by atoms with Crippen LogP contribution in [0.3, 0.4) is 0 Å². The Labute approximate surface area is 118 Å². The van der Waals surface area contributed by atoms with E-state index in [1.807, 2.05) is 40.1 Å². The van der Waals surface area contributed by atoms with Gasteiger partial charge in [-0.05, 0) is 11.5 Å². The lowest BCUT2D eigenvalue weighted by Gasteiger charge is -2.14. The molecule has 0 spiro atoms. The molecule has 0 aliphatic heterocycles. The summed E-state index contributed by atoms with van der Waals surface area (Å²) in [4.78, 5) is 10.7. The Morgan fingerprint density at radius 1 is 1.11 bits per heavy atom. The number of aryl methyl sites for hydroxylation is 1. The normalized spacial score (nSPS) is 10.6. The van der Waals surface area contributed by atoms with E-state index in [1.54, 1.807) is 17.9 Å². The highest BCUT2D eigenvalue weighted by molar-refractivity contribution is 5.80. The number of amides is 1. The second-order valence-electron chi connectivity index (χ2n) is 7.01. The molecule has 1 aromatic heterocycles. The lowest BCUT2D eigenvalue weighted by atomic mass is 9.96. The molecule has 0 saturated carbocycles. The summed E-state index contributed by atoms with van der Waals surface area (Å²) in [6.07, 6.45) is 3.64. The monoisotopic (exact) mass is 269 g/mol. The van der Waals surface area contributed by atoms with Crippen LogP contribution in [0, 0.1) is 10.8 Å². The molecule has 1 aromatic rings. The second kappa shape index (κ2) is 8.73. The maximum atomic E-state index is 10.7. The summed E-state index contributed by atoms with van der Waals surface area (Å²) >= 11 is 0. The fourth-order valence-electron chi connectivity index (χ4n) is 0.720. The lowest BCUT2D eigenvalue weighted by molar-refractivity contribution is -0.127. The van der Waals surface area contributed by atoms with Crippen LogP contribution < -0.4 is 5.32 Å². The van der Waals surface area contributed by atoms with Gasteiger partial charge in [0.2, 0.25) is 5.91 Å². The topological polar surface area (TPSA) is 46.9 Å². The van der Waals surface area contributed by atoms with Gasteiger partial charge in [0.05, 0.1) is 0 Å². The van der Waals surface area contributed by atoms with Crippen molar-refractivity contribution in [2.75, 3.05) is 7.05 Å². The number of hydrogen-bond donors (Lipinski definition) is 1. The van der Waals surface area contributed by atoms with E-state index in [0.717, 1.165) is 0 Å². The third-order valence-electron chi connectivity index (χ3n) is 1.54. The Morgan fingerprint density at radius 2 is 1.53 bits per heavy atom. The maximum absolute atomic E-state index is 10.7. The van der Waals surface area contributed by atoms with Gasteiger partial charge >= 0.3 is 0 Å². The van der Waals surface area contributed by atoms with Crippen molar-refractivity contribution < 1.29 is 4.79 Å². The van der Waals surface area contributed by atoms with Gasteiger partial charge in [-0.3, -0.25) is 9.48 Å². The first kappa shape index (κ1) is 20.0. The number of nitrogens with one attached hydrogen (secondary N) is 1. The number of carbonyl (C=O) groups excluding carboxylic acids is 1. The Hall–Kier alpha value is -1.32. The smallest absolute Gasteiger partial charge is 0.225 e. The highest BCUT2D eigenvalue weighted by Crippen LogP contribution is 2.11. The van der Waals surface area contributed by atoms with Crippen LogP contribution in [0.1, 0.15) is 48.5 Å². The number of nitrogens with zero attached hydrogens (tertiary/aromatic N) is 2. The number of rotatable bonds is 0. The molecule has 1 heterocycles. The van der Waals surface area contributed by atoms with Crippen LogP contribution >= 0.6 is 0 Å². The van der Waals surface area contributed by atoms with Crippen molar-refractivity contribution in [1.82, 2.24) is 15.1 Å². The average molecular weight is 269 g/mol. The van der Waals surface area contributed by atoms with Gasteiger partial charge in [-0.2, -0.15) is 5.10 Å². The highest BCUT2D eigenvalue weighted by Gasteiger charge is 2.18. The van der Waals surface area contributed by atoms with E-state index in [-0.39, 0.29) is 11.3 Å². The molecule has 19 heavy (non-hydrogen) atoms. The van der Waals surface area contributed by atoms with Crippen LogP contribution in [0.25, 0.3) is 0 Å². The predicted octanol–water partition coefficient (Wildman–Crippen LogP) is 3.25. The van der Waals surface area contributed by atoms with Crippen molar-refractivity contribution in [3.63, 3.8) is 0 Å². The van der Waals surface area contributed by atoms with E-state index >= 15 is 0 Å². The zero-order valence-corrected chi connectivity index (χ0v) is 14.0. The minimum Gasteiger partial charge on any atom is -0.359 e. The largest absolute Gasteiger partial charge is 0.359 e. The fourth-order valence-corrected chi connectivity index (χ4v) is 0.720. The minimum absolute atomic E-state index is 0.0810. The molecule has 112 valence electrons. The molecule has 0 radical (unpaired) electrons. The van der Waals surface area contributed by atoms with E-state index in [2.05, 4.69) is 38.1 Å². The molecule has 1 amide bonds. The van der Waals surface area contributed by atoms with E-state index in [0.29, 0.717) is 5.41 Å². The Morgan fingerprint density at radius 3 is 1.58 bits per heavy atom. The first-order chi connectivity index (χ1) is 8.38. The first-order valence-corrected chi connectivity index (χ1v) is 6.53. The molecule has 0 bridgehead atoms. The highest BCUT2D eigenvalue weighted by atomic mass is 16.2. The molecule has 0 saturated heterocycles. The molecule has 1 rings (SSSR count). The Balaban J connectivity index is 0. The van der Waals surface area contributed by atoms with Crippen molar-refractivity contribution in [3.05, 3.63) is 18.5 Å². The molecule has 0 fully saturated rings. The van der Waals surface area contributed by atoms with Gasteiger partial charge in [-0.15, -0.1) is 0 Å². The van der Waals surface area contributed by atoms with E-state index in [4.69, 9.17) is 0 Å². The van der Waals surface area contributed by atoms with Crippen LogP contribution in [-0.2, 0) is 11.8 Å². The fraction of sp³-hybridized carbons (Fsp3) is 0.733. The van der Waals surface area contributed by atoms with Gasteiger partial charge in [0.15, 0.2) is 0 Å². The lowest BCUT2D eigenvalue weighted by Crippen LogP contribution is -2.31. The van der Waals surface area contributed by atoms with E-state index < -0.39 is 0 Å². The molecule has 4 nitrogen and oxygen atoms in total. The number of carbonyl (C=O) groups is 1. The zero-order chi connectivity index (χ0) is 15.7. The van der Waals surface area contributed by atoms with Crippen LogP contribution in [0.4, 0.5) is 0 Å². The van der Waals surface area contributed by atoms with Crippen LogP contribution in [0.15, 0.2) is 18.5 Å². The van der Waals surface area contributed by atoms with E-state index in [9.17, 15) is 4.79 Å². The van der Waals surface area contributed by atoms with Crippen LogP contribution in [-0.4, -0.2) is 22.7 Å². The molecule has 4 heteroatoms. The van der Waals surface area contributed by atoms with E-state index in [1.165, 1.54) is 0 Å². The standard InChI is InChI=1S/C6H13NO.C5H12.C4H6N2/c1-6(2,3)5(8)7-4;1-5(2,3)4;1-6-4-2-3-5-6/h1-4H3,(H,7,8);1-4H3;2-4H,1H3. The van der Waals surface area contributed by atoms with Gasteiger partial charge in [-0.25, -0.2) is 0 Å². The van der Waals surface area contributed by atoms with Crippen molar-refractivity contribution in [3.8, 4) is 0 Å². The van der Waals surface area contributed by atoms with Crippen molar-refractivity contribution in [2.24, 2.45) is 17.9 Å². The summed E-state index contributed by atoms with van der Waals surface area (Å²) in [6.45, 7) is 14.4. The summed E-state index contributed by atoms with van der Waals surface area (Å²) in [5, 5.41) is 6.40. The van der Waals surface area contributed by atoms with Gasteiger partial charge in [-0.1, -0.05) is 48.5 Å². The van der Waals surface area contributed by atoms with Crippen molar-refractivity contribution >= 4 is 5.91 Å². The van der Waals surface area contributed by atoms with Crippen molar-refractivity contribution in [1.29, 1.82) is 0 Å². The zero-order valence-electron chi connectivity index (χ0n) is 14.0. The average Bonchev–Trinajstić information content (AvgIpc) is 2.64. The molecule has 0 atom stereocenters. The molecule has 1 N–H and O–H groups in total.